The van der Waals surface area contributed by atoms with Crippen LogP contribution in [0.15, 0.2) is 0 Å². The Bertz CT molecular complexity index is 733. The second-order valence-corrected chi connectivity index (χ2v) is 16.9. The van der Waals surface area contributed by atoms with Gasteiger partial charge in [-0.05, 0) is 71.1 Å². The quantitative estimate of drug-likeness (QED) is 0.0696. The van der Waals surface area contributed by atoms with Crippen LogP contribution in [-0.4, -0.2) is 92.2 Å². The first-order chi connectivity index (χ1) is 23.0. The summed E-state index contributed by atoms with van der Waals surface area (Å²) in [6.45, 7) is 21.2. The van der Waals surface area contributed by atoms with Crippen molar-refractivity contribution in [2.45, 2.75) is 169 Å². The van der Waals surface area contributed by atoms with Crippen molar-refractivity contribution >= 4 is 8.80 Å². The van der Waals surface area contributed by atoms with Crippen LogP contribution in [0.2, 0.25) is 6.04 Å². The average molecular weight is 687 g/mol. The van der Waals surface area contributed by atoms with E-state index in [1.165, 1.54) is 0 Å². The molecule has 3 rings (SSSR count). The van der Waals surface area contributed by atoms with Gasteiger partial charge >= 0.3 is 8.80 Å². The lowest BCUT2D eigenvalue weighted by Gasteiger charge is -2.41. The lowest BCUT2D eigenvalue weighted by molar-refractivity contribution is -0.145. The molecule has 3 heterocycles. The lowest BCUT2D eigenvalue weighted by atomic mass is 9.88. The first-order valence-corrected chi connectivity index (χ1v) is 21.9. The molecule has 0 bridgehead atoms. The monoisotopic (exact) mass is 687 g/mol. The molecule has 278 valence electrons. The fourth-order valence-electron chi connectivity index (χ4n) is 7.53. The molecular weight excluding hydrogens is 612 g/mol. The van der Waals surface area contributed by atoms with Crippen LogP contribution in [0.3, 0.4) is 0 Å². The maximum Gasteiger partial charge on any atom is 0.501 e. The predicted octanol–water partition coefficient (Wildman–Crippen LogP) is 8.62. The first-order valence-electron chi connectivity index (χ1n) is 20.0. The Kier molecular flexibility index (Phi) is 20.6. The van der Waals surface area contributed by atoms with E-state index in [-0.39, 0.29) is 24.2 Å². The molecule has 8 unspecified atom stereocenters. The van der Waals surface area contributed by atoms with Crippen molar-refractivity contribution in [3.8, 4) is 0 Å². The van der Waals surface area contributed by atoms with Crippen molar-refractivity contribution in [1.82, 2.24) is 0 Å². The summed E-state index contributed by atoms with van der Waals surface area (Å²) < 4.78 is 52.3. The van der Waals surface area contributed by atoms with Gasteiger partial charge in [-0.2, -0.15) is 0 Å². The topological polar surface area (TPSA) is 73.8 Å². The van der Waals surface area contributed by atoms with Gasteiger partial charge in [-0.25, -0.2) is 0 Å². The zero-order chi connectivity index (χ0) is 33.9. The van der Waals surface area contributed by atoms with E-state index < -0.39 is 8.80 Å². The Balaban J connectivity index is 1.90. The molecule has 0 aromatic carbocycles. The van der Waals surface area contributed by atoms with E-state index in [4.69, 9.17) is 37.0 Å². The van der Waals surface area contributed by atoms with Gasteiger partial charge in [-0.1, -0.05) is 66.7 Å². The maximum atomic E-state index is 7.15. The smallest absolute Gasteiger partial charge is 0.378 e. The molecule has 9 heteroatoms. The van der Waals surface area contributed by atoms with E-state index in [0.717, 1.165) is 123 Å². The Morgan fingerprint density at radius 1 is 0.553 bits per heavy atom. The van der Waals surface area contributed by atoms with Crippen LogP contribution >= 0.6 is 0 Å². The normalized spacial score (nSPS) is 25.2. The van der Waals surface area contributed by atoms with Gasteiger partial charge in [0.1, 0.15) is 0 Å². The fourth-order valence-corrected chi connectivity index (χ4v) is 10.6. The van der Waals surface area contributed by atoms with Crippen LogP contribution in [-0.2, 0) is 37.0 Å². The zero-order valence-electron chi connectivity index (χ0n) is 31.5. The SMILES string of the molecule is CCCCC(OCC(CC)C1CCO1)C(CO[Si](CC(CCC)C1CCO1)(OCC)OCC)C(CCCC)OCC(CC)C1CCO1. The highest BCUT2D eigenvalue weighted by molar-refractivity contribution is 6.60. The summed E-state index contributed by atoms with van der Waals surface area (Å²) in [6.07, 6.45) is 15.2. The molecule has 8 atom stereocenters. The molecular formula is C38H74O8Si. The summed E-state index contributed by atoms with van der Waals surface area (Å²) >= 11 is 0. The van der Waals surface area contributed by atoms with Crippen LogP contribution in [0.25, 0.3) is 0 Å². The Morgan fingerprint density at radius 2 is 1.00 bits per heavy atom. The van der Waals surface area contributed by atoms with Crippen LogP contribution in [0, 0.1) is 23.7 Å². The first kappa shape index (κ1) is 41.3. The van der Waals surface area contributed by atoms with Gasteiger partial charge in [0, 0.05) is 63.4 Å². The van der Waals surface area contributed by atoms with Gasteiger partial charge < -0.3 is 37.0 Å². The third kappa shape index (κ3) is 13.2. The van der Waals surface area contributed by atoms with Crippen molar-refractivity contribution in [3.63, 3.8) is 0 Å². The van der Waals surface area contributed by atoms with E-state index in [2.05, 4.69) is 48.5 Å². The Labute approximate surface area is 290 Å². The lowest BCUT2D eigenvalue weighted by Crippen LogP contribution is -2.52. The minimum Gasteiger partial charge on any atom is -0.378 e. The molecule has 0 spiro atoms. The van der Waals surface area contributed by atoms with Crippen molar-refractivity contribution in [3.05, 3.63) is 0 Å². The molecule has 0 aliphatic carbocycles. The van der Waals surface area contributed by atoms with Crippen molar-refractivity contribution in [2.24, 2.45) is 23.7 Å². The molecule has 3 aliphatic heterocycles. The van der Waals surface area contributed by atoms with Crippen molar-refractivity contribution < 1.29 is 37.0 Å². The van der Waals surface area contributed by atoms with Crippen molar-refractivity contribution in [2.75, 3.05) is 52.9 Å². The standard InChI is InChI=1S/C38H74O8Si/c1-8-15-18-37(42-26-30(11-4)34-20-23-39-34)33(38(19-16-9-2)43-27-31(12-5)35-21-24-40-35)28-46-47(44-13-6,45-14-7)29-32(17-10-3)36-22-25-41-36/h30-38H,8-29H2,1-7H3. The van der Waals surface area contributed by atoms with Gasteiger partial charge in [-0.15, -0.1) is 0 Å². The summed E-state index contributed by atoms with van der Waals surface area (Å²) in [7, 11) is -3.02. The fraction of sp³-hybridized carbons (Fsp3) is 1.00. The molecule has 0 aromatic rings. The molecule has 0 amide bonds. The highest BCUT2D eigenvalue weighted by Gasteiger charge is 2.47. The van der Waals surface area contributed by atoms with Gasteiger partial charge in [0.05, 0.1) is 43.7 Å². The van der Waals surface area contributed by atoms with Crippen LogP contribution in [0.1, 0.15) is 132 Å². The zero-order valence-corrected chi connectivity index (χ0v) is 32.5. The molecule has 0 radical (unpaired) electrons. The number of hydrogen-bond acceptors (Lipinski definition) is 8. The molecule has 3 fully saturated rings. The average Bonchev–Trinajstić information content (AvgIpc) is 2.98. The highest BCUT2D eigenvalue weighted by Crippen LogP contribution is 2.36. The second kappa shape index (κ2) is 23.4. The third-order valence-electron chi connectivity index (χ3n) is 10.9. The number of ether oxygens (including phenoxy) is 5. The summed E-state index contributed by atoms with van der Waals surface area (Å²) in [5, 5.41) is 0. The number of hydrogen-bond donors (Lipinski definition) is 0. The molecule has 0 aromatic heterocycles. The Hall–Kier alpha value is -0.103. The number of unbranched alkanes of at least 4 members (excludes halogenated alkanes) is 2. The third-order valence-corrected chi connectivity index (χ3v) is 14.0. The van der Waals surface area contributed by atoms with Gasteiger partial charge in [0.25, 0.3) is 0 Å². The molecule has 3 aliphatic rings. The molecule has 47 heavy (non-hydrogen) atoms. The largest absolute Gasteiger partial charge is 0.501 e. The summed E-state index contributed by atoms with van der Waals surface area (Å²) in [4.78, 5) is 0. The molecule has 3 saturated heterocycles. The Morgan fingerprint density at radius 3 is 1.34 bits per heavy atom. The number of rotatable bonds is 30. The van der Waals surface area contributed by atoms with Crippen LogP contribution < -0.4 is 0 Å². The maximum absolute atomic E-state index is 7.15. The van der Waals surface area contributed by atoms with Crippen molar-refractivity contribution in [1.29, 1.82) is 0 Å². The highest BCUT2D eigenvalue weighted by atomic mass is 28.4. The van der Waals surface area contributed by atoms with Gasteiger partial charge in [0.2, 0.25) is 0 Å². The molecule has 0 N–H and O–H groups in total. The second-order valence-electron chi connectivity index (χ2n) is 14.2. The summed E-state index contributed by atoms with van der Waals surface area (Å²) in [5.41, 5.74) is 0. The minimum atomic E-state index is -3.02. The summed E-state index contributed by atoms with van der Waals surface area (Å²) in [6, 6.07) is 0.800. The molecule has 0 saturated carbocycles. The van der Waals surface area contributed by atoms with E-state index in [0.29, 0.717) is 49.8 Å². The minimum absolute atomic E-state index is 0.0299. The predicted molar refractivity (Wildman–Crippen MR) is 191 cm³/mol. The van der Waals surface area contributed by atoms with E-state index >= 15 is 0 Å². The van der Waals surface area contributed by atoms with Crippen LogP contribution in [0.5, 0.6) is 0 Å². The summed E-state index contributed by atoms with van der Waals surface area (Å²) in [5.74, 6) is 1.30. The van der Waals surface area contributed by atoms with E-state index in [1.807, 2.05) is 0 Å². The van der Waals surface area contributed by atoms with Gasteiger partial charge in [-0.3, -0.25) is 0 Å². The van der Waals surface area contributed by atoms with E-state index in [9.17, 15) is 0 Å². The van der Waals surface area contributed by atoms with E-state index in [1.54, 1.807) is 0 Å². The van der Waals surface area contributed by atoms with Crippen LogP contribution in [0.4, 0.5) is 0 Å². The van der Waals surface area contributed by atoms with Gasteiger partial charge in [0.15, 0.2) is 0 Å². The molecule has 8 nitrogen and oxygen atoms in total.